The Bertz CT molecular complexity index is 460. The van der Waals surface area contributed by atoms with Crippen molar-refractivity contribution in [2.75, 3.05) is 20.7 Å². The van der Waals surface area contributed by atoms with Crippen molar-refractivity contribution in [3.63, 3.8) is 0 Å². The first-order chi connectivity index (χ1) is 9.92. The molecule has 118 valence electrons. The first kappa shape index (κ1) is 16.3. The highest BCUT2D eigenvalue weighted by Crippen LogP contribution is 2.42. The molecule has 2 N–H and O–H groups in total. The van der Waals surface area contributed by atoms with Crippen molar-refractivity contribution in [2.24, 2.45) is 11.1 Å². The molecule has 0 spiro atoms. The van der Waals surface area contributed by atoms with Crippen LogP contribution in [0.4, 0.5) is 0 Å². The van der Waals surface area contributed by atoms with Gasteiger partial charge in [-0.3, -0.25) is 4.90 Å². The lowest BCUT2D eigenvalue weighted by atomic mass is 9.68. The average Bonchev–Trinajstić information content (AvgIpc) is 2.48. The third kappa shape index (κ3) is 3.58. The molecule has 21 heavy (non-hydrogen) atoms. The summed E-state index contributed by atoms with van der Waals surface area (Å²) >= 11 is 0. The van der Waals surface area contributed by atoms with Crippen LogP contribution in [0.25, 0.3) is 0 Å². The number of methoxy groups -OCH3 is 1. The largest absolute Gasteiger partial charge is 0.496 e. The Balaban J connectivity index is 2.12. The molecule has 1 aliphatic carbocycles. The van der Waals surface area contributed by atoms with E-state index >= 15 is 0 Å². The van der Waals surface area contributed by atoms with E-state index in [0.717, 1.165) is 18.8 Å². The van der Waals surface area contributed by atoms with Crippen LogP contribution in [0.15, 0.2) is 24.3 Å². The minimum absolute atomic E-state index is 0.135. The predicted octanol–water partition coefficient (Wildman–Crippen LogP) is 3.42. The molecular formula is C18H30N2O. The van der Waals surface area contributed by atoms with E-state index in [-0.39, 0.29) is 5.54 Å². The van der Waals surface area contributed by atoms with E-state index in [1.165, 1.54) is 31.2 Å². The van der Waals surface area contributed by atoms with E-state index in [9.17, 15) is 0 Å². The fraction of sp³-hybridized carbons (Fsp3) is 0.667. The number of nitrogens with zero attached hydrogens (tertiary/aromatic N) is 1. The van der Waals surface area contributed by atoms with Crippen LogP contribution < -0.4 is 10.5 Å². The molecule has 0 heterocycles. The SMILES string of the molecule is COc1ccccc1CN(C)C1(CN)CCC(C)(C)CC1. The van der Waals surface area contributed by atoms with Gasteiger partial charge in [-0.25, -0.2) is 0 Å². The van der Waals surface area contributed by atoms with Gasteiger partial charge in [-0.05, 0) is 44.2 Å². The number of benzene rings is 1. The van der Waals surface area contributed by atoms with Gasteiger partial charge in [-0.1, -0.05) is 32.0 Å². The molecule has 0 aliphatic heterocycles. The average molecular weight is 290 g/mol. The highest BCUT2D eigenvalue weighted by molar-refractivity contribution is 5.33. The summed E-state index contributed by atoms with van der Waals surface area (Å²) in [6.45, 7) is 6.36. The summed E-state index contributed by atoms with van der Waals surface area (Å²) in [7, 11) is 3.94. The summed E-state index contributed by atoms with van der Waals surface area (Å²) in [6, 6.07) is 8.27. The van der Waals surface area contributed by atoms with Crippen LogP contribution in [-0.4, -0.2) is 31.1 Å². The van der Waals surface area contributed by atoms with Crippen LogP contribution in [-0.2, 0) is 6.54 Å². The Hall–Kier alpha value is -1.06. The minimum atomic E-state index is 0.135. The van der Waals surface area contributed by atoms with Crippen LogP contribution in [0.3, 0.4) is 0 Å². The van der Waals surface area contributed by atoms with Crippen molar-refractivity contribution in [3.05, 3.63) is 29.8 Å². The lowest BCUT2D eigenvalue weighted by Gasteiger charge is -2.48. The smallest absolute Gasteiger partial charge is 0.123 e. The summed E-state index contributed by atoms with van der Waals surface area (Å²) in [4.78, 5) is 2.44. The number of rotatable bonds is 5. The molecule has 1 saturated carbocycles. The van der Waals surface area contributed by atoms with E-state index in [0.29, 0.717) is 5.41 Å². The van der Waals surface area contributed by atoms with Gasteiger partial charge in [0.1, 0.15) is 5.75 Å². The molecule has 0 aromatic heterocycles. The third-order valence-corrected chi connectivity index (χ3v) is 5.32. The number of ether oxygens (including phenoxy) is 1. The Morgan fingerprint density at radius 1 is 1.14 bits per heavy atom. The first-order valence-electron chi connectivity index (χ1n) is 7.96. The maximum atomic E-state index is 6.18. The van der Waals surface area contributed by atoms with E-state index in [1.807, 2.05) is 12.1 Å². The maximum absolute atomic E-state index is 6.18. The molecular weight excluding hydrogens is 260 g/mol. The summed E-state index contributed by atoms with van der Waals surface area (Å²) in [5.74, 6) is 0.965. The number of para-hydroxylation sites is 1. The molecule has 3 nitrogen and oxygen atoms in total. The lowest BCUT2D eigenvalue weighted by Crippen LogP contribution is -2.54. The van der Waals surface area contributed by atoms with Gasteiger partial charge >= 0.3 is 0 Å². The van der Waals surface area contributed by atoms with Gasteiger partial charge in [0.15, 0.2) is 0 Å². The van der Waals surface area contributed by atoms with Crippen LogP contribution >= 0.6 is 0 Å². The molecule has 0 radical (unpaired) electrons. The second kappa shape index (κ2) is 6.37. The number of likely N-dealkylation sites (N-methyl/N-ethyl adjacent to an activating group) is 1. The monoisotopic (exact) mass is 290 g/mol. The van der Waals surface area contributed by atoms with Crippen LogP contribution in [0.5, 0.6) is 5.75 Å². The van der Waals surface area contributed by atoms with Gasteiger partial charge < -0.3 is 10.5 Å². The van der Waals surface area contributed by atoms with Crippen molar-refractivity contribution in [1.29, 1.82) is 0 Å². The van der Waals surface area contributed by atoms with Gasteiger partial charge in [0.2, 0.25) is 0 Å². The van der Waals surface area contributed by atoms with E-state index in [1.54, 1.807) is 7.11 Å². The maximum Gasteiger partial charge on any atom is 0.123 e. The van der Waals surface area contributed by atoms with Gasteiger partial charge in [0.25, 0.3) is 0 Å². The van der Waals surface area contributed by atoms with Gasteiger partial charge in [-0.15, -0.1) is 0 Å². The molecule has 2 rings (SSSR count). The van der Waals surface area contributed by atoms with Crippen LogP contribution in [0.2, 0.25) is 0 Å². The molecule has 0 bridgehead atoms. The van der Waals surface area contributed by atoms with Crippen molar-refractivity contribution >= 4 is 0 Å². The lowest BCUT2D eigenvalue weighted by molar-refractivity contribution is 0.0360. The summed E-state index contributed by atoms with van der Waals surface area (Å²) < 4.78 is 5.48. The second-order valence-electron chi connectivity index (χ2n) is 7.26. The molecule has 1 fully saturated rings. The van der Waals surface area contributed by atoms with Crippen molar-refractivity contribution in [3.8, 4) is 5.75 Å². The first-order valence-corrected chi connectivity index (χ1v) is 7.96. The van der Waals surface area contributed by atoms with Crippen molar-refractivity contribution in [2.45, 2.75) is 51.6 Å². The highest BCUT2D eigenvalue weighted by atomic mass is 16.5. The van der Waals surface area contributed by atoms with E-state index < -0.39 is 0 Å². The minimum Gasteiger partial charge on any atom is -0.496 e. The zero-order chi connectivity index (χ0) is 15.5. The zero-order valence-electron chi connectivity index (χ0n) is 14.0. The standard InChI is InChI=1S/C18H30N2O/c1-17(2)9-11-18(14-19,12-10-17)20(3)13-15-7-5-6-8-16(15)21-4/h5-8H,9-14,19H2,1-4H3. The molecule has 1 aromatic carbocycles. The quantitative estimate of drug-likeness (QED) is 0.903. The van der Waals surface area contributed by atoms with Crippen molar-refractivity contribution < 1.29 is 4.74 Å². The Morgan fingerprint density at radius 2 is 1.76 bits per heavy atom. The normalized spacial score (nSPS) is 20.5. The van der Waals surface area contributed by atoms with Gasteiger partial charge in [-0.2, -0.15) is 0 Å². The number of hydrogen-bond donors (Lipinski definition) is 1. The van der Waals surface area contributed by atoms with Crippen LogP contribution in [0, 0.1) is 5.41 Å². The molecule has 1 aromatic rings. The fourth-order valence-electron chi connectivity index (χ4n) is 3.39. The summed E-state index contributed by atoms with van der Waals surface area (Å²) in [6.07, 6.45) is 4.87. The number of hydrogen-bond acceptors (Lipinski definition) is 3. The van der Waals surface area contributed by atoms with Gasteiger partial charge in [0.05, 0.1) is 7.11 Å². The Labute approximate surface area is 129 Å². The second-order valence-corrected chi connectivity index (χ2v) is 7.26. The summed E-state index contributed by atoms with van der Waals surface area (Å²) in [5, 5.41) is 0. The third-order valence-electron chi connectivity index (χ3n) is 5.32. The summed E-state index contributed by atoms with van der Waals surface area (Å²) in [5.41, 5.74) is 8.01. The molecule has 3 heteroatoms. The van der Waals surface area contributed by atoms with Crippen LogP contribution in [0.1, 0.15) is 45.1 Å². The molecule has 1 aliphatic rings. The molecule has 0 unspecified atom stereocenters. The predicted molar refractivity (Wildman–Crippen MR) is 88.5 cm³/mol. The Kier molecular flexibility index (Phi) is 4.95. The highest BCUT2D eigenvalue weighted by Gasteiger charge is 2.40. The number of nitrogens with two attached hydrogens (primary N) is 1. The molecule has 0 saturated heterocycles. The topological polar surface area (TPSA) is 38.5 Å². The fourth-order valence-corrected chi connectivity index (χ4v) is 3.39. The van der Waals surface area contributed by atoms with E-state index in [2.05, 4.69) is 37.9 Å². The zero-order valence-corrected chi connectivity index (χ0v) is 14.0. The Morgan fingerprint density at radius 3 is 2.33 bits per heavy atom. The van der Waals surface area contributed by atoms with E-state index in [4.69, 9.17) is 10.5 Å². The van der Waals surface area contributed by atoms with Gasteiger partial charge in [0, 0.05) is 24.2 Å². The van der Waals surface area contributed by atoms with Crippen molar-refractivity contribution in [1.82, 2.24) is 4.90 Å². The molecule has 0 atom stereocenters. The molecule has 0 amide bonds.